The second-order valence-electron chi connectivity index (χ2n) is 7.21. The molecule has 2 aliphatic carbocycles. The van der Waals surface area contributed by atoms with Crippen molar-refractivity contribution in [3.8, 4) is 11.5 Å². The lowest BCUT2D eigenvalue weighted by Crippen LogP contribution is -2.47. The second kappa shape index (κ2) is 6.90. The number of aromatic nitrogens is 1. The summed E-state index contributed by atoms with van der Waals surface area (Å²) in [5, 5.41) is 3.07. The van der Waals surface area contributed by atoms with E-state index in [4.69, 9.17) is 4.42 Å². The van der Waals surface area contributed by atoms with Crippen molar-refractivity contribution in [2.45, 2.75) is 51.1 Å². The van der Waals surface area contributed by atoms with Crippen molar-refractivity contribution < 1.29 is 9.21 Å². The van der Waals surface area contributed by atoms with Gasteiger partial charge in [0.05, 0.1) is 5.69 Å². The number of nitrogens with one attached hydrogen (secondary N) is 1. The molecule has 0 bridgehead atoms. The van der Waals surface area contributed by atoms with E-state index < -0.39 is 0 Å². The molecule has 2 amide bonds. The highest BCUT2D eigenvalue weighted by atomic mass is 16.3. The lowest BCUT2D eigenvalue weighted by Gasteiger charge is -2.29. The fraction of sp³-hybridized carbons (Fsp3) is 0.500. The van der Waals surface area contributed by atoms with Crippen molar-refractivity contribution in [1.82, 2.24) is 15.2 Å². The maximum atomic E-state index is 12.6. The van der Waals surface area contributed by atoms with Crippen LogP contribution in [0.2, 0.25) is 0 Å². The van der Waals surface area contributed by atoms with Gasteiger partial charge in [-0.25, -0.2) is 9.78 Å². The number of carbonyl (C=O) groups is 1. The van der Waals surface area contributed by atoms with E-state index in [0.717, 1.165) is 24.1 Å². The Morgan fingerprint density at radius 2 is 2.04 bits per heavy atom. The highest BCUT2D eigenvalue weighted by Gasteiger charge is 2.41. The van der Waals surface area contributed by atoms with Crippen molar-refractivity contribution in [1.29, 1.82) is 0 Å². The SMILES string of the molecule is C[C@@H](C1CC1)N(C(=O)NCCc1coc(-c2ccccc2)n1)C1CC1. The molecule has 2 aliphatic rings. The van der Waals surface area contributed by atoms with E-state index in [-0.39, 0.29) is 6.03 Å². The summed E-state index contributed by atoms with van der Waals surface area (Å²) in [6.07, 6.45) is 7.18. The molecule has 5 nitrogen and oxygen atoms in total. The molecule has 0 radical (unpaired) electrons. The largest absolute Gasteiger partial charge is 0.444 e. The minimum atomic E-state index is 0.0775. The number of rotatable bonds is 7. The van der Waals surface area contributed by atoms with Crippen molar-refractivity contribution in [3.05, 3.63) is 42.3 Å². The van der Waals surface area contributed by atoms with Gasteiger partial charge in [-0.05, 0) is 50.7 Å². The van der Waals surface area contributed by atoms with E-state index in [1.165, 1.54) is 12.8 Å². The minimum absolute atomic E-state index is 0.0775. The third kappa shape index (κ3) is 3.86. The average Bonchev–Trinajstić information content (AvgIpc) is 3.55. The van der Waals surface area contributed by atoms with Crippen LogP contribution in [-0.4, -0.2) is 34.5 Å². The minimum Gasteiger partial charge on any atom is -0.444 e. The molecular weight excluding hydrogens is 314 g/mol. The molecular formula is C20H25N3O2. The van der Waals surface area contributed by atoms with E-state index in [2.05, 4.69) is 22.1 Å². The van der Waals surface area contributed by atoms with E-state index in [1.807, 2.05) is 30.3 Å². The summed E-state index contributed by atoms with van der Waals surface area (Å²) >= 11 is 0. The Labute approximate surface area is 148 Å². The molecule has 0 unspecified atom stereocenters. The van der Waals surface area contributed by atoms with Crippen LogP contribution >= 0.6 is 0 Å². The molecule has 0 aliphatic heterocycles. The topological polar surface area (TPSA) is 58.4 Å². The van der Waals surface area contributed by atoms with Gasteiger partial charge in [0.15, 0.2) is 0 Å². The van der Waals surface area contributed by atoms with Crippen LogP contribution in [0.5, 0.6) is 0 Å². The quantitative estimate of drug-likeness (QED) is 0.833. The first-order chi connectivity index (χ1) is 12.2. The Bertz CT molecular complexity index is 720. The molecule has 1 atom stereocenters. The summed E-state index contributed by atoms with van der Waals surface area (Å²) in [7, 11) is 0. The first kappa shape index (κ1) is 16.2. The third-order valence-electron chi connectivity index (χ3n) is 5.15. The summed E-state index contributed by atoms with van der Waals surface area (Å²) in [4.78, 5) is 19.2. The molecule has 0 saturated heterocycles. The van der Waals surface area contributed by atoms with Crippen LogP contribution in [0.1, 0.15) is 38.3 Å². The van der Waals surface area contributed by atoms with Gasteiger partial charge in [-0.3, -0.25) is 0 Å². The van der Waals surface area contributed by atoms with Gasteiger partial charge in [0.1, 0.15) is 6.26 Å². The van der Waals surface area contributed by atoms with Crippen LogP contribution < -0.4 is 5.32 Å². The second-order valence-corrected chi connectivity index (χ2v) is 7.21. The number of carbonyl (C=O) groups excluding carboxylic acids is 1. The molecule has 1 aromatic carbocycles. The monoisotopic (exact) mass is 339 g/mol. The van der Waals surface area contributed by atoms with E-state index >= 15 is 0 Å². The van der Waals surface area contributed by atoms with Crippen LogP contribution in [0, 0.1) is 5.92 Å². The summed E-state index contributed by atoms with van der Waals surface area (Å²) < 4.78 is 5.55. The molecule has 25 heavy (non-hydrogen) atoms. The number of hydrogen-bond acceptors (Lipinski definition) is 3. The summed E-state index contributed by atoms with van der Waals surface area (Å²) in [6.45, 7) is 2.78. The highest BCUT2D eigenvalue weighted by molar-refractivity contribution is 5.75. The van der Waals surface area contributed by atoms with Gasteiger partial charge < -0.3 is 14.6 Å². The van der Waals surface area contributed by atoms with Crippen molar-refractivity contribution in [2.24, 2.45) is 5.92 Å². The van der Waals surface area contributed by atoms with Crippen LogP contribution in [0.4, 0.5) is 4.79 Å². The molecule has 132 valence electrons. The first-order valence-electron chi connectivity index (χ1n) is 9.28. The number of oxazole rings is 1. The van der Waals surface area contributed by atoms with Gasteiger partial charge in [0.2, 0.25) is 5.89 Å². The molecule has 2 aromatic rings. The van der Waals surface area contributed by atoms with Gasteiger partial charge in [-0.15, -0.1) is 0 Å². The average molecular weight is 339 g/mol. The molecule has 4 rings (SSSR count). The number of hydrogen-bond donors (Lipinski definition) is 1. The zero-order valence-corrected chi connectivity index (χ0v) is 14.6. The molecule has 0 spiro atoms. The normalized spacial score (nSPS) is 18.0. The van der Waals surface area contributed by atoms with Crippen LogP contribution in [0.15, 0.2) is 41.0 Å². The van der Waals surface area contributed by atoms with Crippen molar-refractivity contribution in [2.75, 3.05) is 6.54 Å². The number of benzene rings is 1. The van der Waals surface area contributed by atoms with Gasteiger partial charge in [-0.2, -0.15) is 0 Å². The van der Waals surface area contributed by atoms with Crippen molar-refractivity contribution >= 4 is 6.03 Å². The molecule has 1 aromatic heterocycles. The standard InChI is InChI=1S/C20H25N3O2/c1-14(15-7-8-15)23(18-9-10-18)20(24)21-12-11-17-13-25-19(22-17)16-5-3-2-4-6-16/h2-6,13-15,18H,7-12H2,1H3,(H,21,24)/t14-/m0/s1. The van der Waals surface area contributed by atoms with E-state index in [9.17, 15) is 4.79 Å². The van der Waals surface area contributed by atoms with Gasteiger partial charge in [-0.1, -0.05) is 18.2 Å². The lowest BCUT2D eigenvalue weighted by atomic mass is 10.2. The summed E-state index contributed by atoms with van der Waals surface area (Å²) in [5.41, 5.74) is 1.84. The fourth-order valence-electron chi connectivity index (χ4n) is 3.37. The van der Waals surface area contributed by atoms with Gasteiger partial charge in [0, 0.05) is 30.6 Å². The number of amides is 2. The fourth-order valence-corrected chi connectivity index (χ4v) is 3.37. The predicted octanol–water partition coefficient (Wildman–Crippen LogP) is 3.86. The van der Waals surface area contributed by atoms with Crippen LogP contribution in [-0.2, 0) is 6.42 Å². The van der Waals surface area contributed by atoms with Crippen molar-refractivity contribution in [3.63, 3.8) is 0 Å². The summed E-state index contributed by atoms with van der Waals surface area (Å²) in [5.74, 6) is 1.33. The molecule has 1 heterocycles. The maximum absolute atomic E-state index is 12.6. The van der Waals surface area contributed by atoms with E-state index in [1.54, 1.807) is 6.26 Å². The van der Waals surface area contributed by atoms with E-state index in [0.29, 0.717) is 36.9 Å². The Balaban J connectivity index is 1.30. The highest BCUT2D eigenvalue weighted by Crippen LogP contribution is 2.39. The molecule has 2 saturated carbocycles. The van der Waals surface area contributed by atoms with Gasteiger partial charge in [0.25, 0.3) is 0 Å². The summed E-state index contributed by atoms with van der Waals surface area (Å²) in [6, 6.07) is 10.7. The number of nitrogens with zero attached hydrogens (tertiary/aromatic N) is 2. The lowest BCUT2D eigenvalue weighted by molar-refractivity contribution is 0.167. The molecule has 5 heteroatoms. The first-order valence-corrected chi connectivity index (χ1v) is 9.28. The Kier molecular flexibility index (Phi) is 4.47. The van der Waals surface area contributed by atoms with Gasteiger partial charge >= 0.3 is 6.03 Å². The third-order valence-corrected chi connectivity index (χ3v) is 5.15. The zero-order valence-electron chi connectivity index (χ0n) is 14.6. The predicted molar refractivity (Wildman–Crippen MR) is 96.1 cm³/mol. The van der Waals surface area contributed by atoms with Crippen LogP contribution in [0.3, 0.4) is 0 Å². The number of urea groups is 1. The maximum Gasteiger partial charge on any atom is 0.317 e. The van der Waals surface area contributed by atoms with Crippen LogP contribution in [0.25, 0.3) is 11.5 Å². The Hall–Kier alpha value is -2.30. The zero-order chi connectivity index (χ0) is 17.2. The Morgan fingerprint density at radius 1 is 1.28 bits per heavy atom. The Morgan fingerprint density at radius 3 is 2.72 bits per heavy atom. The smallest absolute Gasteiger partial charge is 0.317 e. The molecule has 1 N–H and O–H groups in total. The molecule has 2 fully saturated rings.